The van der Waals surface area contributed by atoms with Crippen molar-refractivity contribution in [3.05, 3.63) is 59.2 Å². The van der Waals surface area contributed by atoms with E-state index >= 15 is 0 Å². The molecule has 4 aromatic rings. The van der Waals surface area contributed by atoms with Crippen LogP contribution in [-0.4, -0.2) is 32.4 Å². The third kappa shape index (κ3) is 4.31. The molecule has 2 aromatic carbocycles. The molecule has 0 spiro atoms. The summed E-state index contributed by atoms with van der Waals surface area (Å²) in [4.78, 5) is 8.70. The normalized spacial score (nSPS) is 10.4. The van der Waals surface area contributed by atoms with Gasteiger partial charge in [0, 0.05) is 16.7 Å². The van der Waals surface area contributed by atoms with Gasteiger partial charge in [0.25, 0.3) is 0 Å². The van der Waals surface area contributed by atoms with Crippen molar-refractivity contribution in [1.82, 2.24) is 20.2 Å². The summed E-state index contributed by atoms with van der Waals surface area (Å²) in [5.74, 6) is 1.04. The molecular weight excluding hydrogens is 413 g/mol. The predicted octanol–water partition coefficient (Wildman–Crippen LogP) is 4.93. The highest BCUT2D eigenvalue weighted by Crippen LogP contribution is 2.33. The predicted molar refractivity (Wildman–Crippen MR) is 116 cm³/mol. The molecular formula is C20H17Cl2N5O2. The first kappa shape index (κ1) is 20.6. The fraction of sp³-hybridized carbons (Fsp3) is 0.100. The average molecular weight is 430 g/mol. The lowest BCUT2D eigenvalue weighted by Crippen LogP contribution is -2.01. The molecule has 0 fully saturated rings. The number of nitrogens with one attached hydrogen (secondary N) is 1. The van der Waals surface area contributed by atoms with Gasteiger partial charge >= 0.3 is 0 Å². The standard InChI is InChI=1S/C20H16ClN5O2.ClH/c1-11-7-12(15-9-14(27)4-5-16(15)21)8-17-19(11)24-20(26-25-17)23-13-3-6-18(28-2)22-10-13;/h3-10,27H,1-2H3,(H,23,24,26);1H. The van der Waals surface area contributed by atoms with Gasteiger partial charge in [-0.3, -0.25) is 0 Å². The lowest BCUT2D eigenvalue weighted by atomic mass is 10.0. The largest absolute Gasteiger partial charge is 0.508 e. The van der Waals surface area contributed by atoms with Crippen LogP contribution >= 0.6 is 24.0 Å². The fourth-order valence-electron chi connectivity index (χ4n) is 2.86. The Morgan fingerprint density at radius 1 is 1.07 bits per heavy atom. The van der Waals surface area contributed by atoms with Crippen LogP contribution in [0.4, 0.5) is 11.6 Å². The molecule has 0 bridgehead atoms. The summed E-state index contributed by atoms with van der Waals surface area (Å²) >= 11 is 6.28. The lowest BCUT2D eigenvalue weighted by molar-refractivity contribution is 0.398. The first-order chi connectivity index (χ1) is 13.5. The Bertz CT molecular complexity index is 1170. The third-order valence-corrected chi connectivity index (χ3v) is 4.54. The summed E-state index contributed by atoms with van der Waals surface area (Å²) in [5.41, 5.74) is 4.55. The summed E-state index contributed by atoms with van der Waals surface area (Å²) < 4.78 is 5.05. The van der Waals surface area contributed by atoms with Crippen LogP contribution in [0.2, 0.25) is 5.02 Å². The summed E-state index contributed by atoms with van der Waals surface area (Å²) in [7, 11) is 1.56. The number of pyridine rings is 1. The molecule has 9 heteroatoms. The highest BCUT2D eigenvalue weighted by molar-refractivity contribution is 6.33. The molecule has 29 heavy (non-hydrogen) atoms. The van der Waals surface area contributed by atoms with E-state index in [1.54, 1.807) is 37.6 Å². The van der Waals surface area contributed by atoms with Gasteiger partial charge in [-0.25, -0.2) is 9.97 Å². The molecule has 2 N–H and O–H groups in total. The summed E-state index contributed by atoms with van der Waals surface area (Å²) in [6.45, 7) is 1.94. The molecule has 0 unspecified atom stereocenters. The minimum absolute atomic E-state index is 0. The van der Waals surface area contributed by atoms with E-state index in [0.29, 0.717) is 22.4 Å². The minimum atomic E-state index is 0. The first-order valence-corrected chi connectivity index (χ1v) is 8.82. The van der Waals surface area contributed by atoms with Crippen molar-refractivity contribution in [2.75, 3.05) is 12.4 Å². The number of anilines is 2. The fourth-order valence-corrected chi connectivity index (χ4v) is 3.09. The zero-order chi connectivity index (χ0) is 19.7. The van der Waals surface area contributed by atoms with Crippen LogP contribution in [0.5, 0.6) is 11.6 Å². The molecule has 0 aliphatic carbocycles. The monoisotopic (exact) mass is 429 g/mol. The lowest BCUT2D eigenvalue weighted by Gasteiger charge is -2.10. The number of ether oxygens (including phenoxy) is 1. The highest BCUT2D eigenvalue weighted by atomic mass is 35.5. The average Bonchev–Trinajstić information content (AvgIpc) is 2.70. The Hall–Kier alpha value is -3.16. The van der Waals surface area contributed by atoms with Crippen molar-refractivity contribution in [3.63, 3.8) is 0 Å². The van der Waals surface area contributed by atoms with E-state index in [0.717, 1.165) is 27.9 Å². The van der Waals surface area contributed by atoms with Crippen LogP contribution in [0.1, 0.15) is 5.56 Å². The summed E-state index contributed by atoms with van der Waals surface area (Å²) in [6.07, 6.45) is 1.63. The number of benzene rings is 2. The van der Waals surface area contributed by atoms with Crippen molar-refractivity contribution < 1.29 is 9.84 Å². The van der Waals surface area contributed by atoms with E-state index in [2.05, 4.69) is 25.5 Å². The van der Waals surface area contributed by atoms with Gasteiger partial charge in [-0.2, -0.15) is 0 Å². The molecule has 0 amide bonds. The number of fused-ring (bicyclic) bond motifs is 1. The van der Waals surface area contributed by atoms with E-state index in [1.165, 1.54) is 0 Å². The quantitative estimate of drug-likeness (QED) is 0.474. The molecule has 0 atom stereocenters. The molecule has 0 radical (unpaired) electrons. The Labute approximate surface area is 178 Å². The Morgan fingerprint density at radius 2 is 1.90 bits per heavy atom. The van der Waals surface area contributed by atoms with Gasteiger partial charge in [0.15, 0.2) is 0 Å². The second-order valence-electron chi connectivity index (χ2n) is 6.17. The van der Waals surface area contributed by atoms with Crippen molar-refractivity contribution in [2.45, 2.75) is 6.92 Å². The number of aryl methyl sites for hydroxylation is 1. The van der Waals surface area contributed by atoms with Crippen molar-refractivity contribution >= 4 is 46.7 Å². The van der Waals surface area contributed by atoms with E-state index in [-0.39, 0.29) is 18.2 Å². The number of phenols is 1. The Kier molecular flexibility index (Phi) is 6.00. The van der Waals surface area contributed by atoms with Crippen LogP contribution in [0.15, 0.2) is 48.7 Å². The number of aromatic hydroxyl groups is 1. The zero-order valence-electron chi connectivity index (χ0n) is 15.5. The Balaban J connectivity index is 0.00000240. The molecule has 4 rings (SSSR count). The second-order valence-corrected chi connectivity index (χ2v) is 6.58. The topological polar surface area (TPSA) is 93.0 Å². The number of phenolic OH excluding ortho intramolecular Hbond substituents is 1. The summed E-state index contributed by atoms with van der Waals surface area (Å²) in [6, 6.07) is 12.2. The molecule has 148 valence electrons. The van der Waals surface area contributed by atoms with Crippen LogP contribution in [-0.2, 0) is 0 Å². The number of hydrogen-bond acceptors (Lipinski definition) is 7. The van der Waals surface area contributed by atoms with Crippen LogP contribution < -0.4 is 10.1 Å². The molecule has 2 aromatic heterocycles. The van der Waals surface area contributed by atoms with Gasteiger partial charge in [-0.1, -0.05) is 11.6 Å². The molecule has 7 nitrogen and oxygen atoms in total. The Morgan fingerprint density at radius 3 is 2.62 bits per heavy atom. The van der Waals surface area contributed by atoms with E-state index in [1.807, 2.05) is 25.1 Å². The van der Waals surface area contributed by atoms with Gasteiger partial charge in [-0.05, 0) is 54.4 Å². The molecule has 0 saturated carbocycles. The van der Waals surface area contributed by atoms with Crippen LogP contribution in [0, 0.1) is 6.92 Å². The maximum absolute atomic E-state index is 9.77. The maximum Gasteiger partial charge on any atom is 0.247 e. The van der Waals surface area contributed by atoms with Crippen molar-refractivity contribution in [1.29, 1.82) is 0 Å². The van der Waals surface area contributed by atoms with Gasteiger partial charge in [-0.15, -0.1) is 22.6 Å². The number of halogens is 2. The third-order valence-electron chi connectivity index (χ3n) is 4.21. The molecule has 0 saturated heterocycles. The van der Waals surface area contributed by atoms with E-state index in [9.17, 15) is 5.11 Å². The number of methoxy groups -OCH3 is 1. The minimum Gasteiger partial charge on any atom is -0.508 e. The van der Waals surface area contributed by atoms with Gasteiger partial charge in [0.05, 0.1) is 24.5 Å². The molecule has 0 aliphatic rings. The number of hydrogen-bond donors (Lipinski definition) is 2. The van der Waals surface area contributed by atoms with Crippen LogP contribution in [0.3, 0.4) is 0 Å². The van der Waals surface area contributed by atoms with Crippen molar-refractivity contribution in [3.8, 4) is 22.8 Å². The summed E-state index contributed by atoms with van der Waals surface area (Å²) in [5, 5.41) is 21.8. The number of rotatable bonds is 4. The molecule has 0 aliphatic heterocycles. The van der Waals surface area contributed by atoms with Crippen LogP contribution in [0.25, 0.3) is 22.2 Å². The van der Waals surface area contributed by atoms with E-state index < -0.39 is 0 Å². The SMILES string of the molecule is COc1ccc(Nc2nnc3cc(-c4cc(O)ccc4Cl)cc(C)c3n2)cn1.Cl. The maximum atomic E-state index is 9.77. The van der Waals surface area contributed by atoms with Gasteiger partial charge in [0.1, 0.15) is 11.3 Å². The second kappa shape index (κ2) is 8.46. The van der Waals surface area contributed by atoms with Crippen molar-refractivity contribution in [2.24, 2.45) is 0 Å². The highest BCUT2D eigenvalue weighted by Gasteiger charge is 2.11. The smallest absolute Gasteiger partial charge is 0.247 e. The molecule has 2 heterocycles. The van der Waals surface area contributed by atoms with E-state index in [4.69, 9.17) is 16.3 Å². The van der Waals surface area contributed by atoms with Gasteiger partial charge < -0.3 is 15.2 Å². The number of nitrogens with zero attached hydrogens (tertiary/aromatic N) is 4. The zero-order valence-corrected chi connectivity index (χ0v) is 17.1. The number of aromatic nitrogens is 4. The van der Waals surface area contributed by atoms with Gasteiger partial charge in [0.2, 0.25) is 11.8 Å². The first-order valence-electron chi connectivity index (χ1n) is 8.44.